The van der Waals surface area contributed by atoms with Crippen molar-refractivity contribution >= 4 is 23.4 Å². The maximum absolute atomic E-state index is 6.28. The lowest BCUT2D eigenvalue weighted by Crippen LogP contribution is -2.41. The molecule has 1 fully saturated rings. The molecular weight excluding hydrogens is 323 g/mol. The zero-order valence-corrected chi connectivity index (χ0v) is 15.5. The Labute approximate surface area is 154 Å². The van der Waals surface area contributed by atoms with Crippen molar-refractivity contribution < 1.29 is 14.0 Å². The molecular formula is C22H21BO3. The summed E-state index contributed by atoms with van der Waals surface area (Å²) >= 11 is 0. The number of fused-ring (bicyclic) bond motifs is 2. The van der Waals surface area contributed by atoms with Crippen molar-refractivity contribution in [2.24, 2.45) is 0 Å². The monoisotopic (exact) mass is 344 g/mol. The molecule has 0 atom stereocenters. The first kappa shape index (κ1) is 15.9. The van der Waals surface area contributed by atoms with Gasteiger partial charge in [-0.3, -0.25) is 0 Å². The van der Waals surface area contributed by atoms with Gasteiger partial charge in [-0.2, -0.15) is 0 Å². The van der Waals surface area contributed by atoms with Gasteiger partial charge in [-0.25, -0.2) is 0 Å². The Morgan fingerprint density at radius 2 is 1.42 bits per heavy atom. The fourth-order valence-electron chi connectivity index (χ4n) is 3.73. The lowest BCUT2D eigenvalue weighted by molar-refractivity contribution is 0.00578. The van der Waals surface area contributed by atoms with Crippen LogP contribution in [0.5, 0.6) is 11.5 Å². The summed E-state index contributed by atoms with van der Waals surface area (Å²) in [5, 5.41) is 2.28. The second-order valence-corrected chi connectivity index (χ2v) is 8.11. The predicted molar refractivity (Wildman–Crippen MR) is 105 cm³/mol. The Morgan fingerprint density at radius 3 is 2.19 bits per heavy atom. The van der Waals surface area contributed by atoms with Gasteiger partial charge in [0, 0.05) is 10.9 Å². The summed E-state index contributed by atoms with van der Waals surface area (Å²) in [4.78, 5) is 0. The number of benzene rings is 3. The van der Waals surface area contributed by atoms with Crippen LogP contribution >= 0.6 is 0 Å². The molecule has 3 aromatic rings. The minimum atomic E-state index is -0.376. The van der Waals surface area contributed by atoms with Gasteiger partial charge >= 0.3 is 7.12 Å². The molecule has 0 spiro atoms. The maximum Gasteiger partial charge on any atom is 0.494 e. The van der Waals surface area contributed by atoms with E-state index >= 15 is 0 Å². The summed E-state index contributed by atoms with van der Waals surface area (Å²) in [6.45, 7) is 8.33. The quantitative estimate of drug-likeness (QED) is 0.459. The summed E-state index contributed by atoms with van der Waals surface area (Å²) in [5.74, 6) is 1.79. The summed E-state index contributed by atoms with van der Waals surface area (Å²) in [6.07, 6.45) is 0. The summed E-state index contributed by atoms with van der Waals surface area (Å²) < 4.78 is 18.7. The van der Waals surface area contributed by atoms with Gasteiger partial charge in [0.2, 0.25) is 0 Å². The van der Waals surface area contributed by atoms with E-state index in [-0.39, 0.29) is 18.3 Å². The van der Waals surface area contributed by atoms with Crippen LogP contribution in [0.4, 0.5) is 0 Å². The second-order valence-electron chi connectivity index (χ2n) is 8.11. The first-order valence-electron chi connectivity index (χ1n) is 9.05. The number of hydrogen-bond acceptors (Lipinski definition) is 3. The molecule has 3 nitrogen and oxygen atoms in total. The van der Waals surface area contributed by atoms with Gasteiger partial charge in [-0.1, -0.05) is 42.5 Å². The Morgan fingerprint density at radius 1 is 0.731 bits per heavy atom. The highest BCUT2D eigenvalue weighted by Gasteiger charge is 2.51. The minimum absolute atomic E-state index is 0.354. The molecule has 0 unspecified atom stereocenters. The van der Waals surface area contributed by atoms with Crippen molar-refractivity contribution in [3.63, 3.8) is 0 Å². The molecule has 0 saturated carbocycles. The average Bonchev–Trinajstić information content (AvgIpc) is 2.83. The van der Waals surface area contributed by atoms with Gasteiger partial charge in [-0.05, 0) is 56.2 Å². The van der Waals surface area contributed by atoms with Crippen LogP contribution in [-0.4, -0.2) is 18.3 Å². The highest BCUT2D eigenvalue weighted by molar-refractivity contribution is 6.62. The fourth-order valence-corrected chi connectivity index (χ4v) is 3.73. The van der Waals surface area contributed by atoms with Crippen LogP contribution in [0.15, 0.2) is 54.6 Å². The van der Waals surface area contributed by atoms with Crippen molar-refractivity contribution in [2.45, 2.75) is 38.9 Å². The van der Waals surface area contributed by atoms with Crippen LogP contribution in [-0.2, 0) is 9.31 Å². The van der Waals surface area contributed by atoms with Gasteiger partial charge in [-0.15, -0.1) is 0 Å². The number of rotatable bonds is 1. The SMILES string of the molecule is CC1(C)OB(c2cc3c4c(cccc4c2)Oc2ccccc2-3)OC1(C)C. The molecule has 3 aromatic carbocycles. The highest BCUT2D eigenvalue weighted by atomic mass is 16.7. The van der Waals surface area contributed by atoms with E-state index in [9.17, 15) is 0 Å². The average molecular weight is 344 g/mol. The van der Waals surface area contributed by atoms with E-state index in [2.05, 4.69) is 52.0 Å². The summed E-state index contributed by atoms with van der Waals surface area (Å²) in [6, 6.07) is 18.7. The van der Waals surface area contributed by atoms with E-state index in [4.69, 9.17) is 14.0 Å². The van der Waals surface area contributed by atoms with Gasteiger partial charge < -0.3 is 14.0 Å². The molecule has 2 aliphatic heterocycles. The molecule has 0 aliphatic carbocycles. The van der Waals surface area contributed by atoms with E-state index < -0.39 is 0 Å². The lowest BCUT2D eigenvalue weighted by atomic mass is 9.76. The number of hydrogen-bond donors (Lipinski definition) is 0. The lowest BCUT2D eigenvalue weighted by Gasteiger charge is -2.32. The van der Waals surface area contributed by atoms with Crippen LogP contribution in [0.3, 0.4) is 0 Å². The number of para-hydroxylation sites is 1. The number of ether oxygens (including phenoxy) is 1. The molecule has 2 aliphatic rings. The molecule has 0 amide bonds. The van der Waals surface area contributed by atoms with Gasteiger partial charge in [0.05, 0.1) is 11.2 Å². The molecule has 0 radical (unpaired) electrons. The molecule has 0 bridgehead atoms. The van der Waals surface area contributed by atoms with Crippen molar-refractivity contribution in [2.75, 3.05) is 0 Å². The molecule has 1 saturated heterocycles. The molecule has 0 aromatic heterocycles. The largest absolute Gasteiger partial charge is 0.494 e. The Kier molecular flexibility index (Phi) is 3.14. The standard InChI is InChI=1S/C22H21BO3/c1-21(2)22(3,4)26-23(25-21)15-12-14-8-7-11-19-20(14)17(13-15)16-9-5-6-10-18(16)24-19/h5-13H,1-4H3. The summed E-state index contributed by atoms with van der Waals surface area (Å²) in [7, 11) is -0.376. The van der Waals surface area contributed by atoms with Crippen LogP contribution < -0.4 is 10.2 Å². The fraction of sp³-hybridized carbons (Fsp3) is 0.273. The van der Waals surface area contributed by atoms with Gasteiger partial charge in [0.1, 0.15) is 11.5 Å². The third-order valence-electron chi connectivity index (χ3n) is 5.88. The van der Waals surface area contributed by atoms with Crippen molar-refractivity contribution in [3.8, 4) is 22.6 Å². The Balaban J connectivity index is 1.72. The topological polar surface area (TPSA) is 27.7 Å². The van der Waals surface area contributed by atoms with Gasteiger partial charge in [0.15, 0.2) is 0 Å². The molecule has 2 heterocycles. The van der Waals surface area contributed by atoms with Gasteiger partial charge in [0.25, 0.3) is 0 Å². The van der Waals surface area contributed by atoms with E-state index in [0.29, 0.717) is 0 Å². The van der Waals surface area contributed by atoms with Crippen LogP contribution in [0.1, 0.15) is 27.7 Å². The molecule has 5 rings (SSSR count). The third-order valence-corrected chi connectivity index (χ3v) is 5.88. The summed E-state index contributed by atoms with van der Waals surface area (Å²) in [5.41, 5.74) is 2.61. The first-order chi connectivity index (χ1) is 12.4. The normalized spacial score (nSPS) is 19.3. The third kappa shape index (κ3) is 2.16. The Bertz CT molecular complexity index is 1020. The van der Waals surface area contributed by atoms with Crippen LogP contribution in [0.25, 0.3) is 21.9 Å². The Hall–Kier alpha value is -2.30. The molecule has 0 N–H and O–H groups in total. The molecule has 26 heavy (non-hydrogen) atoms. The second kappa shape index (κ2) is 5.12. The van der Waals surface area contributed by atoms with E-state index in [0.717, 1.165) is 33.3 Å². The zero-order valence-electron chi connectivity index (χ0n) is 15.5. The van der Waals surface area contributed by atoms with E-state index in [1.165, 1.54) is 5.56 Å². The van der Waals surface area contributed by atoms with E-state index in [1.54, 1.807) is 0 Å². The van der Waals surface area contributed by atoms with Crippen molar-refractivity contribution in [3.05, 3.63) is 54.6 Å². The minimum Gasteiger partial charge on any atom is -0.456 e. The smallest absolute Gasteiger partial charge is 0.456 e. The maximum atomic E-state index is 6.28. The molecule has 130 valence electrons. The first-order valence-corrected chi connectivity index (χ1v) is 9.05. The van der Waals surface area contributed by atoms with E-state index in [1.807, 2.05) is 30.3 Å². The predicted octanol–water partition coefficient (Wildman–Crippen LogP) is 4.91. The highest BCUT2D eigenvalue weighted by Crippen LogP contribution is 2.46. The van der Waals surface area contributed by atoms with Crippen molar-refractivity contribution in [1.29, 1.82) is 0 Å². The zero-order chi connectivity index (χ0) is 18.1. The molecule has 4 heteroatoms. The van der Waals surface area contributed by atoms with Crippen molar-refractivity contribution in [1.82, 2.24) is 0 Å². The van der Waals surface area contributed by atoms with Crippen LogP contribution in [0, 0.1) is 0 Å². The van der Waals surface area contributed by atoms with Crippen LogP contribution in [0.2, 0.25) is 0 Å².